The van der Waals surface area contributed by atoms with Crippen LogP contribution in [0.4, 0.5) is 0 Å². The van der Waals surface area contributed by atoms with Gasteiger partial charge in [-0.05, 0) is 13.3 Å². The van der Waals surface area contributed by atoms with Gasteiger partial charge in [-0.25, -0.2) is 9.78 Å². The van der Waals surface area contributed by atoms with Crippen LogP contribution in [-0.4, -0.2) is 17.6 Å². The van der Waals surface area contributed by atoms with E-state index in [9.17, 15) is 4.79 Å². The number of esters is 1. The predicted molar refractivity (Wildman–Crippen MR) is 54.6 cm³/mol. The molecule has 72 valence electrons. The van der Waals surface area contributed by atoms with Gasteiger partial charge in [0, 0.05) is 22.6 Å². The average molecular weight is 295 g/mol. The van der Waals surface area contributed by atoms with Crippen LogP contribution in [0.5, 0.6) is 0 Å². The molecule has 1 rings (SSSR count). The van der Waals surface area contributed by atoms with Crippen LogP contribution in [0.1, 0.15) is 30.1 Å². The molecule has 1 heterocycles. The molecule has 0 saturated heterocycles. The molecule has 0 radical (unpaired) electrons. The van der Waals surface area contributed by atoms with Crippen molar-refractivity contribution in [3.05, 3.63) is 15.4 Å². The van der Waals surface area contributed by atoms with Gasteiger partial charge in [0.25, 0.3) is 3.90 Å². The first-order valence-electron chi connectivity index (χ1n) is 4.01. The highest BCUT2D eigenvalue weighted by molar-refractivity contribution is 14.1. The van der Waals surface area contributed by atoms with Crippen molar-refractivity contribution in [1.29, 1.82) is 0 Å². The summed E-state index contributed by atoms with van der Waals surface area (Å²) in [5, 5.41) is 0. The van der Waals surface area contributed by atoms with Crippen LogP contribution in [0.2, 0.25) is 0 Å². The smallest absolute Gasteiger partial charge is 0.376 e. The Morgan fingerprint density at radius 3 is 2.85 bits per heavy atom. The lowest BCUT2D eigenvalue weighted by atomic mass is 10.3. The fourth-order valence-electron chi connectivity index (χ4n) is 0.919. The summed E-state index contributed by atoms with van der Waals surface area (Å²) in [6, 6.07) is 0. The highest BCUT2D eigenvalue weighted by Crippen LogP contribution is 2.14. The molecule has 0 aliphatic rings. The number of carbonyl (C=O) groups is 1. The van der Waals surface area contributed by atoms with E-state index in [0.717, 1.165) is 0 Å². The number of halogens is 1. The second-order valence-electron chi connectivity index (χ2n) is 2.32. The van der Waals surface area contributed by atoms with Crippen molar-refractivity contribution in [2.75, 3.05) is 6.61 Å². The van der Waals surface area contributed by atoms with Gasteiger partial charge in [-0.3, -0.25) is 0 Å². The van der Waals surface area contributed by atoms with E-state index in [-0.39, 0.29) is 5.76 Å². The molecule has 0 atom stereocenters. The minimum absolute atomic E-state index is 0.230. The third-order valence-electron chi connectivity index (χ3n) is 1.47. The van der Waals surface area contributed by atoms with Gasteiger partial charge in [0.05, 0.1) is 12.3 Å². The number of hydrogen-bond acceptors (Lipinski definition) is 4. The van der Waals surface area contributed by atoms with Crippen LogP contribution < -0.4 is 0 Å². The first-order valence-corrected chi connectivity index (χ1v) is 5.09. The number of nitrogens with zero attached hydrogens (tertiary/aromatic N) is 1. The van der Waals surface area contributed by atoms with Gasteiger partial charge in [0.15, 0.2) is 0 Å². The normalized spacial score (nSPS) is 10.1. The first kappa shape index (κ1) is 10.5. The molecule has 13 heavy (non-hydrogen) atoms. The van der Waals surface area contributed by atoms with Crippen molar-refractivity contribution < 1.29 is 13.9 Å². The molecule has 0 amide bonds. The third-order valence-corrected chi connectivity index (χ3v) is 1.93. The molecule has 1 aromatic heterocycles. The molecule has 0 fully saturated rings. The molecule has 1 aromatic rings. The summed E-state index contributed by atoms with van der Waals surface area (Å²) in [5.41, 5.74) is 0.655. The number of aryl methyl sites for hydroxylation is 1. The van der Waals surface area contributed by atoms with Gasteiger partial charge >= 0.3 is 5.97 Å². The van der Waals surface area contributed by atoms with E-state index < -0.39 is 5.97 Å². The maximum Gasteiger partial charge on any atom is 0.376 e. The highest BCUT2D eigenvalue weighted by atomic mass is 127. The Kier molecular flexibility index (Phi) is 3.71. The highest BCUT2D eigenvalue weighted by Gasteiger charge is 2.18. The van der Waals surface area contributed by atoms with Crippen LogP contribution in [-0.2, 0) is 11.2 Å². The molecule has 0 spiro atoms. The lowest BCUT2D eigenvalue weighted by Crippen LogP contribution is -2.05. The zero-order valence-corrected chi connectivity index (χ0v) is 9.62. The fraction of sp³-hybridized carbons (Fsp3) is 0.500. The van der Waals surface area contributed by atoms with E-state index in [2.05, 4.69) is 4.98 Å². The molecule has 0 aliphatic carbocycles. The van der Waals surface area contributed by atoms with Gasteiger partial charge in [-0.1, -0.05) is 6.92 Å². The van der Waals surface area contributed by atoms with Crippen LogP contribution in [0, 0.1) is 3.90 Å². The van der Waals surface area contributed by atoms with Crippen molar-refractivity contribution in [2.45, 2.75) is 20.3 Å². The van der Waals surface area contributed by atoms with Gasteiger partial charge in [-0.15, -0.1) is 0 Å². The van der Waals surface area contributed by atoms with Crippen molar-refractivity contribution in [1.82, 2.24) is 4.98 Å². The molecule has 0 aliphatic heterocycles. The molecule has 0 N–H and O–H groups in total. The molecule has 4 nitrogen and oxygen atoms in total. The Hall–Kier alpha value is -0.590. The topological polar surface area (TPSA) is 52.3 Å². The molecule has 5 heteroatoms. The lowest BCUT2D eigenvalue weighted by molar-refractivity contribution is 0.0486. The van der Waals surface area contributed by atoms with E-state index in [1.807, 2.05) is 29.5 Å². The lowest BCUT2D eigenvalue weighted by Gasteiger charge is -1.97. The molecule has 0 saturated carbocycles. The Morgan fingerprint density at radius 2 is 2.31 bits per heavy atom. The standard InChI is InChI=1S/C8H10INO3/c1-3-5-6(7(11)12-4-2)13-8(9)10-5/h3-4H2,1-2H3. The van der Waals surface area contributed by atoms with Crippen LogP contribution in [0.15, 0.2) is 4.42 Å². The van der Waals surface area contributed by atoms with Crippen LogP contribution >= 0.6 is 22.6 Å². The SMILES string of the molecule is CCOC(=O)c1oc(I)nc1CC. The molecule has 0 bridgehead atoms. The average Bonchev–Trinajstić information content (AvgIpc) is 2.47. The maximum atomic E-state index is 11.3. The van der Waals surface area contributed by atoms with Gasteiger partial charge < -0.3 is 9.15 Å². The minimum Gasteiger partial charge on any atom is -0.460 e. The summed E-state index contributed by atoms with van der Waals surface area (Å²) in [4.78, 5) is 15.3. The summed E-state index contributed by atoms with van der Waals surface area (Å²) in [7, 11) is 0. The van der Waals surface area contributed by atoms with Crippen molar-refractivity contribution >= 4 is 28.6 Å². The number of oxazole rings is 1. The minimum atomic E-state index is -0.435. The summed E-state index contributed by atoms with van der Waals surface area (Å²) >= 11 is 1.93. The summed E-state index contributed by atoms with van der Waals surface area (Å²) in [6.07, 6.45) is 0.667. The zero-order chi connectivity index (χ0) is 9.84. The number of ether oxygens (including phenoxy) is 1. The van der Waals surface area contributed by atoms with Gasteiger partial charge in [0.1, 0.15) is 0 Å². The van der Waals surface area contributed by atoms with Crippen molar-refractivity contribution in [3.63, 3.8) is 0 Å². The van der Waals surface area contributed by atoms with Crippen molar-refractivity contribution in [2.24, 2.45) is 0 Å². The maximum absolute atomic E-state index is 11.3. The summed E-state index contributed by atoms with van der Waals surface area (Å²) < 4.78 is 10.4. The zero-order valence-electron chi connectivity index (χ0n) is 7.46. The van der Waals surface area contributed by atoms with Crippen LogP contribution in [0.25, 0.3) is 0 Å². The first-order chi connectivity index (χ1) is 6.19. The third kappa shape index (κ3) is 2.43. The number of hydrogen-bond donors (Lipinski definition) is 0. The second kappa shape index (κ2) is 4.59. The van der Waals surface area contributed by atoms with Crippen molar-refractivity contribution in [3.8, 4) is 0 Å². The van der Waals surface area contributed by atoms with E-state index in [4.69, 9.17) is 9.15 Å². The predicted octanol–water partition coefficient (Wildman–Crippen LogP) is 2.02. The van der Waals surface area contributed by atoms with Gasteiger partial charge in [0.2, 0.25) is 5.76 Å². The molecule has 0 unspecified atom stereocenters. The number of aromatic nitrogens is 1. The molecular formula is C8H10INO3. The van der Waals surface area contributed by atoms with E-state index in [1.54, 1.807) is 6.92 Å². The Balaban J connectivity index is 2.91. The van der Waals surface area contributed by atoms with E-state index >= 15 is 0 Å². The Labute approximate surface area is 89.8 Å². The second-order valence-corrected chi connectivity index (χ2v) is 3.24. The number of rotatable bonds is 3. The fourth-order valence-corrected chi connectivity index (χ4v) is 1.43. The largest absolute Gasteiger partial charge is 0.460 e. The van der Waals surface area contributed by atoms with Gasteiger partial charge in [-0.2, -0.15) is 0 Å². The van der Waals surface area contributed by atoms with E-state index in [1.165, 1.54) is 0 Å². The Morgan fingerprint density at radius 1 is 1.62 bits per heavy atom. The molecular weight excluding hydrogens is 285 g/mol. The molecule has 0 aromatic carbocycles. The van der Waals surface area contributed by atoms with E-state index in [0.29, 0.717) is 22.6 Å². The summed E-state index contributed by atoms with van der Waals surface area (Å²) in [5.74, 6) is -0.205. The summed E-state index contributed by atoms with van der Waals surface area (Å²) in [6.45, 7) is 4.01. The number of carbonyl (C=O) groups excluding carboxylic acids is 1. The Bertz CT molecular complexity index is 308. The quantitative estimate of drug-likeness (QED) is 0.632. The van der Waals surface area contributed by atoms with Crippen LogP contribution in [0.3, 0.4) is 0 Å². The monoisotopic (exact) mass is 295 g/mol.